The molecule has 0 aromatic heterocycles. The van der Waals surface area contributed by atoms with Crippen LogP contribution in [0.25, 0.3) is 0 Å². The summed E-state index contributed by atoms with van der Waals surface area (Å²) in [6.45, 7) is 1.25. The van der Waals surface area contributed by atoms with E-state index < -0.39 is 5.97 Å². The Bertz CT molecular complexity index is 1040. The molecule has 0 N–H and O–H groups in total. The molecule has 0 saturated heterocycles. The molecule has 0 heterocycles. The lowest BCUT2D eigenvalue weighted by Gasteiger charge is -2.08. The highest BCUT2D eigenvalue weighted by Gasteiger charge is 2.27. The molecule has 4 rings (SSSR count). The minimum atomic E-state index is -0.548. The molecule has 2 aromatic carbocycles. The van der Waals surface area contributed by atoms with E-state index in [1.165, 1.54) is 32.6 Å². The first-order valence-corrected chi connectivity index (χ1v) is 11.5. The SMILES string of the molecule is CC(=O)O/N=C1/Cc2cc(Sc3ccc(C(=O)CCC4CCCC4)cc3)ccc2C1=O. The van der Waals surface area contributed by atoms with Crippen LogP contribution in [-0.2, 0) is 16.1 Å². The van der Waals surface area contributed by atoms with Gasteiger partial charge in [0.15, 0.2) is 5.78 Å². The van der Waals surface area contributed by atoms with Crippen molar-refractivity contribution in [3.05, 3.63) is 59.2 Å². The highest BCUT2D eigenvalue weighted by molar-refractivity contribution is 7.99. The highest BCUT2D eigenvalue weighted by Crippen LogP contribution is 2.32. The minimum absolute atomic E-state index is 0.201. The molecule has 0 bridgehead atoms. The normalized spacial score (nSPS) is 17.2. The number of fused-ring (bicyclic) bond motifs is 1. The lowest BCUT2D eigenvalue weighted by Crippen LogP contribution is -2.09. The van der Waals surface area contributed by atoms with Crippen LogP contribution in [-0.4, -0.2) is 23.2 Å². The predicted molar refractivity (Wildman–Crippen MR) is 120 cm³/mol. The van der Waals surface area contributed by atoms with Gasteiger partial charge in [-0.1, -0.05) is 54.7 Å². The average molecular weight is 436 g/mol. The van der Waals surface area contributed by atoms with Gasteiger partial charge in [-0.3, -0.25) is 9.59 Å². The van der Waals surface area contributed by atoms with E-state index in [2.05, 4.69) is 9.99 Å². The first kappa shape index (κ1) is 21.5. The van der Waals surface area contributed by atoms with E-state index in [0.717, 1.165) is 33.3 Å². The first-order chi connectivity index (χ1) is 15.0. The zero-order valence-corrected chi connectivity index (χ0v) is 18.4. The number of rotatable bonds is 7. The summed E-state index contributed by atoms with van der Waals surface area (Å²) in [6, 6.07) is 13.4. The van der Waals surface area contributed by atoms with Crippen LogP contribution in [0.3, 0.4) is 0 Å². The summed E-state index contributed by atoms with van der Waals surface area (Å²) in [5, 5.41) is 3.68. The number of hydrogen-bond donors (Lipinski definition) is 0. The Kier molecular flexibility index (Phi) is 6.66. The van der Waals surface area contributed by atoms with Gasteiger partial charge in [0.1, 0.15) is 5.71 Å². The summed E-state index contributed by atoms with van der Waals surface area (Å²) in [5.74, 6) is 0.199. The molecule has 1 fully saturated rings. The zero-order valence-electron chi connectivity index (χ0n) is 17.6. The van der Waals surface area contributed by atoms with Crippen LogP contribution in [0.15, 0.2) is 57.4 Å². The van der Waals surface area contributed by atoms with Crippen LogP contribution < -0.4 is 0 Å². The number of carbonyl (C=O) groups excluding carboxylic acids is 3. The van der Waals surface area contributed by atoms with Crippen molar-refractivity contribution in [2.45, 2.75) is 61.7 Å². The van der Waals surface area contributed by atoms with Crippen LogP contribution in [0.4, 0.5) is 0 Å². The molecular formula is C25H25NO4S. The maximum absolute atomic E-state index is 12.5. The Labute approximate surface area is 186 Å². The maximum Gasteiger partial charge on any atom is 0.331 e. The summed E-state index contributed by atoms with van der Waals surface area (Å²) in [4.78, 5) is 42.4. The third-order valence-electron chi connectivity index (χ3n) is 5.89. The number of hydrogen-bond acceptors (Lipinski definition) is 6. The van der Waals surface area contributed by atoms with Crippen molar-refractivity contribution in [1.29, 1.82) is 0 Å². The van der Waals surface area contributed by atoms with Crippen molar-refractivity contribution in [1.82, 2.24) is 0 Å². The van der Waals surface area contributed by atoms with E-state index >= 15 is 0 Å². The van der Waals surface area contributed by atoms with Crippen LogP contribution in [0.2, 0.25) is 0 Å². The van der Waals surface area contributed by atoms with Gasteiger partial charge in [0.05, 0.1) is 0 Å². The highest BCUT2D eigenvalue weighted by atomic mass is 32.2. The van der Waals surface area contributed by atoms with Gasteiger partial charge in [0.25, 0.3) is 0 Å². The molecule has 0 amide bonds. The summed E-state index contributed by atoms with van der Waals surface area (Å²) < 4.78 is 0. The third kappa shape index (κ3) is 5.31. The number of benzene rings is 2. The molecule has 0 atom stereocenters. The van der Waals surface area contributed by atoms with E-state index in [0.29, 0.717) is 18.4 Å². The fraction of sp³-hybridized carbons (Fsp3) is 0.360. The van der Waals surface area contributed by atoms with Crippen molar-refractivity contribution < 1.29 is 19.2 Å². The second kappa shape index (κ2) is 9.60. The van der Waals surface area contributed by atoms with E-state index in [1.807, 2.05) is 36.4 Å². The Morgan fingerprint density at radius 3 is 2.48 bits per heavy atom. The van der Waals surface area contributed by atoms with Gasteiger partial charge in [-0.05, 0) is 48.2 Å². The summed E-state index contributed by atoms with van der Waals surface area (Å²) in [6.07, 6.45) is 7.14. The molecule has 5 nitrogen and oxygen atoms in total. The molecular weight excluding hydrogens is 410 g/mol. The van der Waals surface area contributed by atoms with Crippen molar-refractivity contribution in [2.24, 2.45) is 11.1 Å². The van der Waals surface area contributed by atoms with Gasteiger partial charge < -0.3 is 4.84 Å². The van der Waals surface area contributed by atoms with Gasteiger partial charge in [-0.25, -0.2) is 4.79 Å². The zero-order chi connectivity index (χ0) is 21.8. The molecule has 2 aromatic rings. The number of Topliss-reactive ketones (excluding diaryl/α,β-unsaturated/α-hetero) is 2. The minimum Gasteiger partial charge on any atom is -0.318 e. The van der Waals surface area contributed by atoms with Crippen LogP contribution in [0, 0.1) is 5.92 Å². The molecule has 0 radical (unpaired) electrons. The topological polar surface area (TPSA) is 72.8 Å². The van der Waals surface area contributed by atoms with Gasteiger partial charge in [-0.2, -0.15) is 0 Å². The van der Waals surface area contributed by atoms with Crippen LogP contribution >= 0.6 is 11.8 Å². The van der Waals surface area contributed by atoms with Gasteiger partial charge in [-0.15, -0.1) is 0 Å². The number of nitrogens with zero attached hydrogens (tertiary/aromatic N) is 1. The fourth-order valence-corrected chi connectivity index (χ4v) is 5.12. The van der Waals surface area contributed by atoms with E-state index in [9.17, 15) is 14.4 Å². The number of ketones is 2. The van der Waals surface area contributed by atoms with Gasteiger partial charge >= 0.3 is 5.97 Å². The van der Waals surface area contributed by atoms with Crippen molar-refractivity contribution in [3.63, 3.8) is 0 Å². The Morgan fingerprint density at radius 1 is 1.06 bits per heavy atom. The molecule has 0 spiro atoms. The molecule has 6 heteroatoms. The predicted octanol–water partition coefficient (Wildman–Crippen LogP) is 5.65. The fourth-order valence-electron chi connectivity index (χ4n) is 4.23. The molecule has 1 saturated carbocycles. The third-order valence-corrected chi connectivity index (χ3v) is 6.89. The lowest BCUT2D eigenvalue weighted by atomic mass is 9.97. The molecule has 2 aliphatic carbocycles. The van der Waals surface area contributed by atoms with Crippen molar-refractivity contribution in [2.75, 3.05) is 0 Å². The summed E-state index contributed by atoms with van der Waals surface area (Å²) in [7, 11) is 0. The van der Waals surface area contributed by atoms with E-state index in [4.69, 9.17) is 0 Å². The van der Waals surface area contributed by atoms with Crippen molar-refractivity contribution >= 4 is 35.0 Å². The second-order valence-corrected chi connectivity index (χ2v) is 9.33. The Balaban J connectivity index is 1.37. The smallest absolute Gasteiger partial charge is 0.318 e. The average Bonchev–Trinajstić information content (AvgIpc) is 3.39. The van der Waals surface area contributed by atoms with Crippen LogP contribution in [0.5, 0.6) is 0 Å². The first-order valence-electron chi connectivity index (χ1n) is 10.7. The molecule has 31 heavy (non-hydrogen) atoms. The number of carbonyl (C=O) groups is 3. The molecule has 0 aliphatic heterocycles. The van der Waals surface area contributed by atoms with Gasteiger partial charge in [0, 0.05) is 40.7 Å². The quantitative estimate of drug-likeness (QED) is 0.319. The van der Waals surface area contributed by atoms with Crippen LogP contribution in [0.1, 0.15) is 71.7 Å². The standard InChI is InChI=1S/C25H25NO4S/c1-16(27)30-26-23-15-19-14-21(11-12-22(19)25(23)29)31-20-9-7-18(8-10-20)24(28)13-6-17-4-2-3-5-17/h7-12,14,17H,2-6,13,15H2,1H3/b26-23-. The van der Waals surface area contributed by atoms with Crippen molar-refractivity contribution in [3.8, 4) is 0 Å². The van der Waals surface area contributed by atoms with E-state index in [1.54, 1.807) is 17.8 Å². The molecule has 0 unspecified atom stereocenters. The Morgan fingerprint density at radius 2 is 1.77 bits per heavy atom. The molecule has 2 aliphatic rings. The Hall–Kier alpha value is -2.73. The maximum atomic E-state index is 12.5. The monoisotopic (exact) mass is 435 g/mol. The number of oxime groups is 1. The molecule has 160 valence electrons. The van der Waals surface area contributed by atoms with E-state index in [-0.39, 0.29) is 17.3 Å². The van der Waals surface area contributed by atoms with Gasteiger partial charge in [0.2, 0.25) is 5.78 Å². The largest absolute Gasteiger partial charge is 0.331 e. The second-order valence-electron chi connectivity index (χ2n) is 8.18. The summed E-state index contributed by atoms with van der Waals surface area (Å²) >= 11 is 1.58. The summed E-state index contributed by atoms with van der Waals surface area (Å²) in [5.41, 5.74) is 2.49. The lowest BCUT2D eigenvalue weighted by molar-refractivity contribution is -0.140.